The Bertz CT molecular complexity index is 960. The lowest BCUT2D eigenvalue weighted by molar-refractivity contribution is -0.137. The number of benzene rings is 2. The standard InChI is InChI=1S/C20H19ClO5S/c1-3-25-20(22)14-17(11-10-16-6-4-5-7-19(16)21)26-27(23,24)18-12-8-15(2)9-13-18/h4-14H,3H2,1-2H3/b11-10+,17-14+. The van der Waals surface area contributed by atoms with Crippen molar-refractivity contribution in [1.82, 2.24) is 0 Å². The van der Waals surface area contributed by atoms with Crippen molar-refractivity contribution in [3.63, 3.8) is 0 Å². The van der Waals surface area contributed by atoms with Crippen LogP contribution in [0.15, 0.2) is 71.3 Å². The van der Waals surface area contributed by atoms with E-state index in [1.807, 2.05) is 6.92 Å². The summed E-state index contributed by atoms with van der Waals surface area (Å²) in [5.41, 5.74) is 1.56. The molecule has 0 N–H and O–H groups in total. The van der Waals surface area contributed by atoms with Crippen molar-refractivity contribution in [1.29, 1.82) is 0 Å². The lowest BCUT2D eigenvalue weighted by Gasteiger charge is -2.08. The molecule has 0 spiro atoms. The smallest absolute Gasteiger partial charge is 0.339 e. The van der Waals surface area contributed by atoms with E-state index in [4.69, 9.17) is 20.5 Å². The molecule has 2 aromatic carbocycles. The molecule has 5 nitrogen and oxygen atoms in total. The molecule has 0 amide bonds. The zero-order chi connectivity index (χ0) is 19.9. The summed E-state index contributed by atoms with van der Waals surface area (Å²) >= 11 is 6.09. The number of hydrogen-bond acceptors (Lipinski definition) is 5. The van der Waals surface area contributed by atoms with E-state index in [9.17, 15) is 13.2 Å². The van der Waals surface area contributed by atoms with Crippen LogP contribution in [0.25, 0.3) is 6.08 Å². The van der Waals surface area contributed by atoms with Crippen molar-refractivity contribution in [2.75, 3.05) is 6.61 Å². The fraction of sp³-hybridized carbons (Fsp3) is 0.150. The second-order valence-electron chi connectivity index (χ2n) is 5.50. The van der Waals surface area contributed by atoms with Gasteiger partial charge in [-0.05, 0) is 49.8 Å². The molecule has 0 saturated carbocycles. The van der Waals surface area contributed by atoms with E-state index in [-0.39, 0.29) is 17.3 Å². The summed E-state index contributed by atoms with van der Waals surface area (Å²) in [5.74, 6) is -0.899. The van der Waals surface area contributed by atoms with Gasteiger partial charge in [-0.25, -0.2) is 4.79 Å². The van der Waals surface area contributed by atoms with Crippen LogP contribution in [0.3, 0.4) is 0 Å². The molecule has 142 valence electrons. The molecule has 0 atom stereocenters. The van der Waals surface area contributed by atoms with Crippen LogP contribution < -0.4 is 0 Å². The van der Waals surface area contributed by atoms with Crippen LogP contribution in [-0.2, 0) is 23.8 Å². The number of carbonyl (C=O) groups excluding carboxylic acids is 1. The number of halogens is 1. The van der Waals surface area contributed by atoms with E-state index in [1.54, 1.807) is 49.4 Å². The van der Waals surface area contributed by atoms with Crippen LogP contribution in [-0.4, -0.2) is 21.0 Å². The Hall–Kier alpha value is -2.57. The summed E-state index contributed by atoms with van der Waals surface area (Å²) in [4.78, 5) is 11.7. The van der Waals surface area contributed by atoms with Crippen LogP contribution in [0.2, 0.25) is 5.02 Å². The normalized spacial score (nSPS) is 12.2. The van der Waals surface area contributed by atoms with Crippen LogP contribution in [0.1, 0.15) is 18.1 Å². The quantitative estimate of drug-likeness (QED) is 0.222. The molecule has 0 heterocycles. The second kappa shape index (κ2) is 9.39. The highest BCUT2D eigenvalue weighted by molar-refractivity contribution is 7.86. The third-order valence-corrected chi connectivity index (χ3v) is 5.00. The zero-order valence-electron chi connectivity index (χ0n) is 14.9. The largest absolute Gasteiger partial charge is 0.463 e. The first-order chi connectivity index (χ1) is 12.8. The molecule has 0 bridgehead atoms. The molecular formula is C20H19ClO5S. The van der Waals surface area contributed by atoms with Gasteiger partial charge in [0.2, 0.25) is 0 Å². The summed E-state index contributed by atoms with van der Waals surface area (Å²) in [5, 5.41) is 0.477. The van der Waals surface area contributed by atoms with Crippen LogP contribution in [0, 0.1) is 6.92 Å². The molecule has 0 aliphatic carbocycles. The van der Waals surface area contributed by atoms with Gasteiger partial charge in [0, 0.05) is 5.02 Å². The van der Waals surface area contributed by atoms with E-state index in [0.717, 1.165) is 11.6 Å². The van der Waals surface area contributed by atoms with Crippen molar-refractivity contribution >= 4 is 33.8 Å². The predicted octanol–water partition coefficient (Wildman–Crippen LogP) is 4.51. The summed E-state index contributed by atoms with van der Waals surface area (Å²) in [6.07, 6.45) is 3.88. The molecular weight excluding hydrogens is 388 g/mol. The first-order valence-electron chi connectivity index (χ1n) is 8.14. The summed E-state index contributed by atoms with van der Waals surface area (Å²) in [6, 6.07) is 13.2. The summed E-state index contributed by atoms with van der Waals surface area (Å²) in [6.45, 7) is 3.64. The minimum atomic E-state index is -4.11. The molecule has 0 unspecified atom stereocenters. The number of esters is 1. The summed E-state index contributed by atoms with van der Waals surface area (Å²) in [7, 11) is -4.11. The zero-order valence-corrected chi connectivity index (χ0v) is 16.5. The first kappa shape index (κ1) is 20.7. The maximum absolute atomic E-state index is 12.5. The van der Waals surface area contributed by atoms with Crippen molar-refractivity contribution in [2.45, 2.75) is 18.7 Å². The Morgan fingerprint density at radius 2 is 1.78 bits per heavy atom. The number of rotatable bonds is 7. The second-order valence-corrected chi connectivity index (χ2v) is 7.46. The van der Waals surface area contributed by atoms with Gasteiger partial charge in [0.15, 0.2) is 0 Å². The maximum atomic E-state index is 12.5. The van der Waals surface area contributed by atoms with Crippen LogP contribution in [0.4, 0.5) is 0 Å². The molecule has 0 saturated heterocycles. The third kappa shape index (κ3) is 6.27. The van der Waals surface area contributed by atoms with E-state index in [0.29, 0.717) is 10.6 Å². The first-order valence-corrected chi connectivity index (χ1v) is 9.92. The molecule has 2 aromatic rings. The molecule has 0 aliphatic rings. The Balaban J connectivity index is 2.34. The lowest BCUT2D eigenvalue weighted by atomic mass is 10.2. The van der Waals surface area contributed by atoms with Gasteiger partial charge in [-0.15, -0.1) is 0 Å². The number of aryl methyl sites for hydroxylation is 1. The molecule has 0 fully saturated rings. The van der Waals surface area contributed by atoms with Crippen molar-refractivity contribution < 1.29 is 22.1 Å². The van der Waals surface area contributed by atoms with Gasteiger partial charge >= 0.3 is 16.1 Å². The molecule has 0 radical (unpaired) electrons. The number of carbonyl (C=O) groups is 1. The minimum Gasteiger partial charge on any atom is -0.463 e. The predicted molar refractivity (Wildman–Crippen MR) is 105 cm³/mol. The lowest BCUT2D eigenvalue weighted by Crippen LogP contribution is -2.08. The Labute approximate surface area is 164 Å². The molecule has 7 heteroatoms. The van der Waals surface area contributed by atoms with Crippen LogP contribution >= 0.6 is 11.6 Å². The van der Waals surface area contributed by atoms with Gasteiger partial charge in [-0.3, -0.25) is 0 Å². The van der Waals surface area contributed by atoms with Gasteiger partial charge in [-0.1, -0.05) is 47.5 Å². The van der Waals surface area contributed by atoms with E-state index in [1.165, 1.54) is 18.2 Å². The fourth-order valence-corrected chi connectivity index (χ4v) is 3.18. The SMILES string of the molecule is CCOC(=O)/C=C(\C=C\c1ccccc1Cl)OS(=O)(=O)c1ccc(C)cc1. The van der Waals surface area contributed by atoms with Crippen molar-refractivity contribution in [2.24, 2.45) is 0 Å². The van der Waals surface area contributed by atoms with E-state index in [2.05, 4.69) is 0 Å². The van der Waals surface area contributed by atoms with Crippen molar-refractivity contribution in [3.8, 4) is 0 Å². The minimum absolute atomic E-state index is 0.0194. The van der Waals surface area contributed by atoms with Crippen molar-refractivity contribution in [3.05, 3.63) is 82.6 Å². The number of allylic oxidation sites excluding steroid dienone is 1. The molecule has 0 aromatic heterocycles. The van der Waals surface area contributed by atoms with Gasteiger partial charge in [0.1, 0.15) is 10.7 Å². The highest BCUT2D eigenvalue weighted by Gasteiger charge is 2.18. The Kier molecular flexibility index (Phi) is 7.21. The average molecular weight is 407 g/mol. The fourth-order valence-electron chi connectivity index (χ4n) is 2.06. The highest BCUT2D eigenvalue weighted by atomic mass is 35.5. The van der Waals surface area contributed by atoms with E-state index < -0.39 is 16.1 Å². The summed E-state index contributed by atoms with van der Waals surface area (Å²) < 4.78 is 35.0. The Morgan fingerprint density at radius 3 is 2.41 bits per heavy atom. The topological polar surface area (TPSA) is 69.7 Å². The highest BCUT2D eigenvalue weighted by Crippen LogP contribution is 2.20. The van der Waals surface area contributed by atoms with Gasteiger partial charge in [0.25, 0.3) is 0 Å². The molecule has 27 heavy (non-hydrogen) atoms. The Morgan fingerprint density at radius 1 is 1.11 bits per heavy atom. The van der Waals surface area contributed by atoms with Gasteiger partial charge in [-0.2, -0.15) is 8.42 Å². The molecule has 0 aliphatic heterocycles. The van der Waals surface area contributed by atoms with Gasteiger partial charge < -0.3 is 8.92 Å². The van der Waals surface area contributed by atoms with Crippen LogP contribution in [0.5, 0.6) is 0 Å². The van der Waals surface area contributed by atoms with E-state index >= 15 is 0 Å². The number of ether oxygens (including phenoxy) is 1. The third-order valence-electron chi connectivity index (χ3n) is 3.39. The van der Waals surface area contributed by atoms with Gasteiger partial charge in [0.05, 0.1) is 12.7 Å². The average Bonchev–Trinajstić information content (AvgIpc) is 2.61. The maximum Gasteiger partial charge on any atom is 0.339 e. The number of hydrogen-bond donors (Lipinski definition) is 0. The molecule has 2 rings (SSSR count). The monoisotopic (exact) mass is 406 g/mol.